The summed E-state index contributed by atoms with van der Waals surface area (Å²) in [5, 5.41) is 19.9. The second-order valence-electron chi connectivity index (χ2n) is 4.64. The third-order valence-corrected chi connectivity index (χ3v) is 3.35. The van der Waals surface area contributed by atoms with Gasteiger partial charge in [0.1, 0.15) is 0 Å². The first kappa shape index (κ1) is 14.9. The quantitative estimate of drug-likeness (QED) is 0.655. The van der Waals surface area contributed by atoms with Crippen LogP contribution in [0.1, 0.15) is 59.8 Å². The fraction of sp³-hybridized carbons (Fsp3) is 1.00. The lowest BCUT2D eigenvalue weighted by molar-refractivity contribution is -0.0192. The molecule has 0 spiro atoms. The smallest absolute Gasteiger partial charge is 0.0620 e. The maximum Gasteiger partial charge on any atom is 0.0620 e. The SMILES string of the molecule is CCCC(CC)C(O)C(CCC)C(C)O. The van der Waals surface area contributed by atoms with Crippen molar-refractivity contribution in [2.45, 2.75) is 72.0 Å². The van der Waals surface area contributed by atoms with Crippen LogP contribution in [-0.2, 0) is 0 Å². The lowest BCUT2D eigenvalue weighted by Gasteiger charge is -2.31. The molecule has 2 heteroatoms. The molecule has 2 nitrogen and oxygen atoms in total. The molecule has 0 rings (SSSR count). The Morgan fingerprint density at radius 3 is 1.80 bits per heavy atom. The fourth-order valence-electron chi connectivity index (χ4n) is 2.37. The van der Waals surface area contributed by atoms with E-state index in [1.165, 1.54) is 0 Å². The second-order valence-corrected chi connectivity index (χ2v) is 4.64. The summed E-state index contributed by atoms with van der Waals surface area (Å²) < 4.78 is 0. The van der Waals surface area contributed by atoms with Crippen molar-refractivity contribution >= 4 is 0 Å². The molecule has 15 heavy (non-hydrogen) atoms. The Morgan fingerprint density at radius 2 is 1.47 bits per heavy atom. The molecule has 0 aliphatic rings. The Labute approximate surface area is 94.7 Å². The van der Waals surface area contributed by atoms with Crippen molar-refractivity contribution in [3.8, 4) is 0 Å². The largest absolute Gasteiger partial charge is 0.393 e. The number of aliphatic hydroxyl groups excluding tert-OH is 2. The Morgan fingerprint density at radius 1 is 0.933 bits per heavy atom. The van der Waals surface area contributed by atoms with Gasteiger partial charge in [-0.2, -0.15) is 0 Å². The zero-order valence-electron chi connectivity index (χ0n) is 10.7. The number of aliphatic hydroxyl groups is 2. The molecule has 0 heterocycles. The Bertz CT molecular complexity index is 145. The first-order valence-corrected chi connectivity index (χ1v) is 6.44. The molecular weight excluding hydrogens is 188 g/mol. The highest BCUT2D eigenvalue weighted by atomic mass is 16.3. The van der Waals surface area contributed by atoms with Gasteiger partial charge in [0, 0.05) is 5.92 Å². The zero-order chi connectivity index (χ0) is 11.8. The summed E-state index contributed by atoms with van der Waals surface area (Å²) in [5.74, 6) is 0.396. The van der Waals surface area contributed by atoms with Crippen molar-refractivity contribution in [3.05, 3.63) is 0 Å². The van der Waals surface area contributed by atoms with E-state index in [0.717, 1.165) is 32.1 Å². The first-order valence-electron chi connectivity index (χ1n) is 6.44. The molecule has 0 aliphatic carbocycles. The van der Waals surface area contributed by atoms with Crippen LogP contribution in [0.25, 0.3) is 0 Å². The molecule has 92 valence electrons. The van der Waals surface area contributed by atoms with Gasteiger partial charge in [0.15, 0.2) is 0 Å². The Kier molecular flexibility index (Phi) is 8.07. The van der Waals surface area contributed by atoms with Gasteiger partial charge in [-0.3, -0.25) is 0 Å². The highest BCUT2D eigenvalue weighted by molar-refractivity contribution is 4.78. The molecule has 0 radical (unpaired) electrons. The standard InChI is InChI=1S/C13H28O2/c1-5-8-11(7-3)13(15)12(9-6-2)10(4)14/h10-15H,5-9H2,1-4H3. The molecule has 0 aromatic rings. The van der Waals surface area contributed by atoms with Crippen LogP contribution in [0.15, 0.2) is 0 Å². The fourth-order valence-corrected chi connectivity index (χ4v) is 2.37. The highest BCUT2D eigenvalue weighted by Gasteiger charge is 2.28. The Balaban J connectivity index is 4.36. The predicted molar refractivity (Wildman–Crippen MR) is 64.8 cm³/mol. The summed E-state index contributed by atoms with van der Waals surface area (Å²) in [7, 11) is 0. The molecule has 0 bridgehead atoms. The van der Waals surface area contributed by atoms with Crippen LogP contribution in [0, 0.1) is 11.8 Å². The minimum absolute atomic E-state index is 0.0477. The van der Waals surface area contributed by atoms with E-state index in [-0.39, 0.29) is 12.0 Å². The predicted octanol–water partition coefficient (Wildman–Crippen LogP) is 2.97. The normalized spacial score (nSPS) is 19.6. The van der Waals surface area contributed by atoms with Crippen molar-refractivity contribution < 1.29 is 10.2 Å². The molecule has 4 unspecified atom stereocenters. The zero-order valence-corrected chi connectivity index (χ0v) is 10.7. The van der Waals surface area contributed by atoms with E-state index < -0.39 is 6.10 Å². The lowest BCUT2D eigenvalue weighted by Crippen LogP contribution is -2.35. The van der Waals surface area contributed by atoms with E-state index in [2.05, 4.69) is 20.8 Å². The summed E-state index contributed by atoms with van der Waals surface area (Å²) in [6.45, 7) is 8.16. The van der Waals surface area contributed by atoms with Crippen LogP contribution in [0.3, 0.4) is 0 Å². The van der Waals surface area contributed by atoms with Crippen LogP contribution in [0.4, 0.5) is 0 Å². The van der Waals surface area contributed by atoms with E-state index in [1.807, 2.05) is 0 Å². The van der Waals surface area contributed by atoms with Gasteiger partial charge in [-0.1, -0.05) is 40.0 Å². The van der Waals surface area contributed by atoms with Gasteiger partial charge in [-0.25, -0.2) is 0 Å². The Hall–Kier alpha value is -0.0800. The van der Waals surface area contributed by atoms with E-state index in [1.54, 1.807) is 6.92 Å². The third kappa shape index (κ3) is 4.98. The van der Waals surface area contributed by atoms with E-state index in [0.29, 0.717) is 5.92 Å². The maximum atomic E-state index is 10.2. The van der Waals surface area contributed by atoms with Gasteiger partial charge >= 0.3 is 0 Å². The molecule has 0 amide bonds. The van der Waals surface area contributed by atoms with E-state index in [4.69, 9.17) is 0 Å². The maximum absolute atomic E-state index is 10.2. The third-order valence-electron chi connectivity index (χ3n) is 3.35. The van der Waals surface area contributed by atoms with E-state index >= 15 is 0 Å². The molecule has 0 aromatic carbocycles. The van der Waals surface area contributed by atoms with Crippen LogP contribution >= 0.6 is 0 Å². The van der Waals surface area contributed by atoms with Crippen LogP contribution in [-0.4, -0.2) is 22.4 Å². The second kappa shape index (κ2) is 8.12. The molecule has 0 saturated heterocycles. The van der Waals surface area contributed by atoms with E-state index in [9.17, 15) is 10.2 Å². The van der Waals surface area contributed by atoms with Crippen molar-refractivity contribution in [2.24, 2.45) is 11.8 Å². The van der Waals surface area contributed by atoms with Crippen molar-refractivity contribution in [2.75, 3.05) is 0 Å². The van der Waals surface area contributed by atoms with Crippen LogP contribution in [0.5, 0.6) is 0 Å². The summed E-state index contributed by atoms with van der Waals surface area (Å²) in [4.78, 5) is 0. The van der Waals surface area contributed by atoms with Gasteiger partial charge in [0.05, 0.1) is 12.2 Å². The lowest BCUT2D eigenvalue weighted by atomic mass is 9.81. The number of hydrogen-bond acceptors (Lipinski definition) is 2. The van der Waals surface area contributed by atoms with Gasteiger partial charge < -0.3 is 10.2 Å². The molecule has 0 aliphatic heterocycles. The van der Waals surface area contributed by atoms with Gasteiger partial charge in [0.25, 0.3) is 0 Å². The molecule has 0 aromatic heterocycles. The molecule has 0 saturated carbocycles. The molecule has 0 fully saturated rings. The topological polar surface area (TPSA) is 40.5 Å². The molecule has 4 atom stereocenters. The summed E-state index contributed by atoms with van der Waals surface area (Å²) in [6, 6.07) is 0. The minimum Gasteiger partial charge on any atom is -0.393 e. The van der Waals surface area contributed by atoms with Crippen molar-refractivity contribution in [1.29, 1.82) is 0 Å². The highest BCUT2D eigenvalue weighted by Crippen LogP contribution is 2.26. The number of rotatable bonds is 8. The summed E-state index contributed by atoms with van der Waals surface area (Å²) >= 11 is 0. The summed E-state index contributed by atoms with van der Waals surface area (Å²) in [5.41, 5.74) is 0. The first-order chi connectivity index (χ1) is 7.08. The van der Waals surface area contributed by atoms with Crippen molar-refractivity contribution in [1.82, 2.24) is 0 Å². The van der Waals surface area contributed by atoms with Gasteiger partial charge in [-0.15, -0.1) is 0 Å². The summed E-state index contributed by atoms with van der Waals surface area (Å²) in [6.07, 6.45) is 4.37. The molecular formula is C13H28O2. The monoisotopic (exact) mass is 216 g/mol. The number of hydrogen-bond donors (Lipinski definition) is 2. The van der Waals surface area contributed by atoms with Gasteiger partial charge in [-0.05, 0) is 25.7 Å². The average molecular weight is 216 g/mol. The van der Waals surface area contributed by atoms with Crippen molar-refractivity contribution in [3.63, 3.8) is 0 Å². The molecule has 2 N–H and O–H groups in total. The minimum atomic E-state index is -0.397. The van der Waals surface area contributed by atoms with Crippen LogP contribution in [0.2, 0.25) is 0 Å². The average Bonchev–Trinajstić information content (AvgIpc) is 2.21. The van der Waals surface area contributed by atoms with Gasteiger partial charge in [0.2, 0.25) is 0 Å². The van der Waals surface area contributed by atoms with Crippen LogP contribution < -0.4 is 0 Å².